The fourth-order valence-corrected chi connectivity index (χ4v) is 3.74. The van der Waals surface area contributed by atoms with Crippen LogP contribution in [-0.2, 0) is 6.42 Å². The van der Waals surface area contributed by atoms with Gasteiger partial charge in [-0.15, -0.1) is 0 Å². The number of fused-ring (bicyclic) bond motifs is 1. The van der Waals surface area contributed by atoms with Gasteiger partial charge in [0.25, 0.3) is 0 Å². The predicted octanol–water partition coefficient (Wildman–Crippen LogP) is 5.34. The lowest BCUT2D eigenvalue weighted by molar-refractivity contribution is 0.227. The molecule has 3 rings (SSSR count). The monoisotopic (exact) mass is 365 g/mol. The number of hydrogen-bond donors (Lipinski definition) is 1. The molecule has 3 heterocycles. The third-order valence-corrected chi connectivity index (χ3v) is 5.48. The summed E-state index contributed by atoms with van der Waals surface area (Å²) in [7, 11) is 0. The second-order valence-electron chi connectivity index (χ2n) is 7.71. The van der Waals surface area contributed by atoms with Crippen molar-refractivity contribution < 1.29 is 5.11 Å². The summed E-state index contributed by atoms with van der Waals surface area (Å²) in [5.41, 5.74) is 8.78. The molecule has 0 saturated carbocycles. The van der Waals surface area contributed by atoms with Gasteiger partial charge in [0.1, 0.15) is 0 Å². The average molecular weight is 366 g/mol. The summed E-state index contributed by atoms with van der Waals surface area (Å²) in [4.78, 5) is 9.89. The fraction of sp³-hybridized carbons (Fsp3) is 0.478. The van der Waals surface area contributed by atoms with E-state index in [-0.39, 0.29) is 12.6 Å². The minimum Gasteiger partial charge on any atom is -0.394 e. The highest BCUT2D eigenvalue weighted by molar-refractivity contribution is 5.84. The molecule has 3 aromatic heterocycles. The molecule has 0 bridgehead atoms. The zero-order valence-electron chi connectivity index (χ0n) is 17.4. The molecule has 4 heteroatoms. The first-order valence-electron chi connectivity index (χ1n) is 10.0. The van der Waals surface area contributed by atoms with Crippen LogP contribution in [0.2, 0.25) is 0 Å². The standard InChI is InChI=1S/C23H31N3O/c1-7-17-11-21-22(15(5)12-26(21)18(8-2)13-27)25-23(17)19-9-10-20(14(3)4)24-16(19)6/h9-12,14,18,27H,7-8,13H2,1-6H3/t18-/m1/s1. The maximum absolute atomic E-state index is 9.76. The number of aryl methyl sites for hydroxylation is 3. The van der Waals surface area contributed by atoms with Gasteiger partial charge in [-0.25, -0.2) is 4.98 Å². The van der Waals surface area contributed by atoms with Crippen LogP contribution in [0.15, 0.2) is 24.4 Å². The Morgan fingerprint density at radius 1 is 1.11 bits per heavy atom. The molecule has 1 N–H and O–H groups in total. The highest BCUT2D eigenvalue weighted by Gasteiger charge is 2.18. The summed E-state index contributed by atoms with van der Waals surface area (Å²) < 4.78 is 2.19. The summed E-state index contributed by atoms with van der Waals surface area (Å²) >= 11 is 0. The molecular formula is C23H31N3O. The number of aliphatic hydroxyl groups is 1. The second-order valence-corrected chi connectivity index (χ2v) is 7.71. The SMILES string of the molecule is CCc1cc2c(nc1-c1ccc(C(C)C)nc1C)c(C)cn2[C@H](CC)CO. The molecule has 1 atom stereocenters. The number of aromatic nitrogens is 3. The van der Waals surface area contributed by atoms with E-state index in [1.807, 2.05) is 0 Å². The summed E-state index contributed by atoms with van der Waals surface area (Å²) in [6, 6.07) is 6.63. The van der Waals surface area contributed by atoms with E-state index < -0.39 is 0 Å². The first-order valence-corrected chi connectivity index (χ1v) is 10.0. The number of pyridine rings is 2. The molecular weight excluding hydrogens is 334 g/mol. The summed E-state index contributed by atoms with van der Waals surface area (Å²) in [6.45, 7) is 12.9. The van der Waals surface area contributed by atoms with Crippen molar-refractivity contribution in [2.45, 2.75) is 66.3 Å². The molecule has 0 aliphatic carbocycles. The van der Waals surface area contributed by atoms with E-state index in [0.29, 0.717) is 5.92 Å². The largest absolute Gasteiger partial charge is 0.394 e. The van der Waals surface area contributed by atoms with E-state index in [2.05, 4.69) is 70.5 Å². The highest BCUT2D eigenvalue weighted by Crippen LogP contribution is 2.32. The second kappa shape index (κ2) is 7.81. The zero-order valence-corrected chi connectivity index (χ0v) is 17.4. The van der Waals surface area contributed by atoms with Crippen molar-refractivity contribution in [3.8, 4) is 11.3 Å². The summed E-state index contributed by atoms with van der Waals surface area (Å²) in [5, 5.41) is 9.76. The van der Waals surface area contributed by atoms with Crippen molar-refractivity contribution in [1.82, 2.24) is 14.5 Å². The molecule has 0 spiro atoms. The van der Waals surface area contributed by atoms with Crippen molar-refractivity contribution in [3.63, 3.8) is 0 Å². The van der Waals surface area contributed by atoms with Gasteiger partial charge >= 0.3 is 0 Å². The maximum atomic E-state index is 9.76. The Bertz CT molecular complexity index is 952. The van der Waals surface area contributed by atoms with E-state index in [1.165, 1.54) is 5.56 Å². The van der Waals surface area contributed by atoms with Crippen LogP contribution in [0.1, 0.15) is 68.6 Å². The van der Waals surface area contributed by atoms with Crippen LogP contribution in [0.3, 0.4) is 0 Å². The van der Waals surface area contributed by atoms with Crippen LogP contribution < -0.4 is 0 Å². The van der Waals surface area contributed by atoms with E-state index in [0.717, 1.165) is 52.1 Å². The van der Waals surface area contributed by atoms with Crippen molar-refractivity contribution in [2.24, 2.45) is 0 Å². The highest BCUT2D eigenvalue weighted by atomic mass is 16.3. The Hall–Kier alpha value is -2.20. The van der Waals surface area contributed by atoms with Gasteiger partial charge in [-0.2, -0.15) is 0 Å². The molecule has 4 nitrogen and oxygen atoms in total. The van der Waals surface area contributed by atoms with Gasteiger partial charge in [0.15, 0.2) is 0 Å². The van der Waals surface area contributed by atoms with Crippen LogP contribution in [0.4, 0.5) is 0 Å². The van der Waals surface area contributed by atoms with E-state index in [1.54, 1.807) is 0 Å². The molecule has 0 unspecified atom stereocenters. The van der Waals surface area contributed by atoms with Crippen molar-refractivity contribution in [3.05, 3.63) is 46.9 Å². The topological polar surface area (TPSA) is 50.9 Å². The lowest BCUT2D eigenvalue weighted by Crippen LogP contribution is -2.11. The van der Waals surface area contributed by atoms with E-state index >= 15 is 0 Å². The Labute approximate surface area is 162 Å². The van der Waals surface area contributed by atoms with Crippen molar-refractivity contribution >= 4 is 11.0 Å². The minimum atomic E-state index is 0.0901. The average Bonchev–Trinajstić information content (AvgIpc) is 2.97. The van der Waals surface area contributed by atoms with E-state index in [9.17, 15) is 5.11 Å². The van der Waals surface area contributed by atoms with Crippen LogP contribution in [0, 0.1) is 13.8 Å². The summed E-state index contributed by atoms with van der Waals surface area (Å²) in [5.74, 6) is 0.416. The lowest BCUT2D eigenvalue weighted by Gasteiger charge is -2.17. The Balaban J connectivity index is 2.22. The zero-order chi connectivity index (χ0) is 19.7. The molecule has 0 aromatic carbocycles. The van der Waals surface area contributed by atoms with Gasteiger partial charge < -0.3 is 9.67 Å². The van der Waals surface area contributed by atoms with Gasteiger partial charge in [-0.1, -0.05) is 27.7 Å². The molecule has 0 saturated heterocycles. The fourth-order valence-electron chi connectivity index (χ4n) is 3.74. The molecule has 0 aliphatic heterocycles. The van der Waals surface area contributed by atoms with Crippen LogP contribution in [-0.4, -0.2) is 26.2 Å². The Kier molecular flexibility index (Phi) is 5.66. The van der Waals surface area contributed by atoms with Gasteiger partial charge in [0.05, 0.1) is 29.4 Å². The summed E-state index contributed by atoms with van der Waals surface area (Å²) in [6.07, 6.45) is 3.92. The van der Waals surface area contributed by atoms with Crippen molar-refractivity contribution in [1.29, 1.82) is 0 Å². The Morgan fingerprint density at radius 3 is 2.41 bits per heavy atom. The quantitative estimate of drug-likeness (QED) is 0.641. The number of nitrogens with zero attached hydrogens (tertiary/aromatic N) is 3. The molecule has 3 aromatic rings. The molecule has 0 fully saturated rings. The molecule has 0 radical (unpaired) electrons. The minimum absolute atomic E-state index is 0.0901. The first-order chi connectivity index (χ1) is 12.9. The van der Waals surface area contributed by atoms with Crippen molar-refractivity contribution in [2.75, 3.05) is 6.61 Å². The molecule has 27 heavy (non-hydrogen) atoms. The number of hydrogen-bond acceptors (Lipinski definition) is 3. The number of rotatable bonds is 6. The van der Waals surface area contributed by atoms with Gasteiger partial charge in [-0.05, 0) is 61.9 Å². The van der Waals surface area contributed by atoms with Gasteiger partial charge in [0.2, 0.25) is 0 Å². The normalized spacial score (nSPS) is 12.9. The Morgan fingerprint density at radius 2 is 1.85 bits per heavy atom. The van der Waals surface area contributed by atoms with Crippen LogP contribution in [0.25, 0.3) is 22.3 Å². The van der Waals surface area contributed by atoms with Gasteiger partial charge in [-0.3, -0.25) is 4.98 Å². The van der Waals surface area contributed by atoms with Gasteiger partial charge in [0, 0.05) is 23.1 Å². The molecule has 0 amide bonds. The predicted molar refractivity (Wildman–Crippen MR) is 112 cm³/mol. The first kappa shape index (κ1) is 19.6. The third kappa shape index (κ3) is 3.51. The molecule has 144 valence electrons. The molecule has 0 aliphatic rings. The van der Waals surface area contributed by atoms with E-state index in [4.69, 9.17) is 9.97 Å². The smallest absolute Gasteiger partial charge is 0.0917 e. The lowest BCUT2D eigenvalue weighted by atomic mass is 10.00. The van der Waals surface area contributed by atoms with Crippen LogP contribution in [0.5, 0.6) is 0 Å². The van der Waals surface area contributed by atoms with Crippen LogP contribution >= 0.6 is 0 Å². The third-order valence-electron chi connectivity index (χ3n) is 5.48. The maximum Gasteiger partial charge on any atom is 0.0917 e. The number of aliphatic hydroxyl groups excluding tert-OH is 1.